The van der Waals surface area contributed by atoms with Crippen LogP contribution in [0.15, 0.2) is 0 Å². The molecule has 29 heteroatoms. The molecule has 0 bridgehead atoms. The highest BCUT2D eigenvalue weighted by atomic mass is 16.7. The molecule has 16 atom stereocenters. The van der Waals surface area contributed by atoms with Gasteiger partial charge in [0.2, 0.25) is 23.6 Å². The number of nitrogens with one attached hydrogen (secondary N) is 5. The molecule has 5 amide bonds. The lowest BCUT2D eigenvalue weighted by Gasteiger charge is -2.40. The second kappa shape index (κ2) is 44.8. The van der Waals surface area contributed by atoms with Gasteiger partial charge in [-0.05, 0) is 50.9 Å². The Morgan fingerprint density at radius 2 is 0.826 bits per heavy atom. The summed E-state index contributed by atoms with van der Waals surface area (Å²) in [4.78, 5) is 64.6. The Hall–Kier alpha value is -3.57. The number of ether oxygens (including phenoxy) is 10. The summed E-state index contributed by atoms with van der Waals surface area (Å²) >= 11 is 0. The van der Waals surface area contributed by atoms with Crippen LogP contribution in [0.4, 0.5) is 4.79 Å². The molecule has 7 unspecified atom stereocenters. The zero-order valence-electron chi connectivity index (χ0n) is 51.7. The number of rotatable bonds is 42. The van der Waals surface area contributed by atoms with Gasteiger partial charge in [-0.2, -0.15) is 0 Å². The smallest absolute Gasteiger partial charge is 0.407 e. The van der Waals surface area contributed by atoms with Crippen LogP contribution in [-0.4, -0.2) is 268 Å². The molecule has 0 aromatic carbocycles. The number of hydrogen-bond acceptors (Lipinski definition) is 24. The molecule has 3 rings (SSSR count). The van der Waals surface area contributed by atoms with Crippen molar-refractivity contribution in [2.75, 3.05) is 113 Å². The number of aliphatic hydroxyl groups is 9. The Morgan fingerprint density at radius 3 is 1.24 bits per heavy atom. The number of carbonyl (C=O) groups excluding carboxylic acids is 5. The minimum Gasteiger partial charge on any atom is -0.447 e. The predicted molar refractivity (Wildman–Crippen MR) is 307 cm³/mol. The molecule has 3 saturated heterocycles. The van der Waals surface area contributed by atoms with Crippen molar-refractivity contribution in [3.8, 4) is 0 Å². The van der Waals surface area contributed by atoms with Crippen LogP contribution in [0.3, 0.4) is 0 Å². The maximum absolute atomic E-state index is 13.7. The van der Waals surface area contributed by atoms with Gasteiger partial charge < -0.3 is 120 Å². The molecule has 0 aromatic rings. The fraction of sp³-hybridized carbons (Fsp3) is 0.912. The van der Waals surface area contributed by atoms with Gasteiger partial charge in [-0.25, -0.2) is 4.79 Å². The largest absolute Gasteiger partial charge is 0.447 e. The van der Waals surface area contributed by atoms with E-state index in [0.717, 1.165) is 5.92 Å². The molecule has 0 saturated carbocycles. The SMILES string of the molecule is CC(C)C.COCCCNC(=O)CCCC(=O)NC(CCCCC(=O)NCCCO[C@@H]1OC(CO)[C@H](O)[C@H](O)C1C)(COCCOC(=O)NCCCO[C@@H]1OC(CO)[C@H](O)[C@H](O)C1C)COCCC(=O)NCCCO[C@@H]1OC(CO)[C@H](O)[C@H](O)C1C. The molecule has 0 aromatic heterocycles. The highest BCUT2D eigenvalue weighted by Crippen LogP contribution is 2.29. The fourth-order valence-electron chi connectivity index (χ4n) is 9.18. The van der Waals surface area contributed by atoms with Crippen molar-refractivity contribution in [1.82, 2.24) is 26.6 Å². The average Bonchev–Trinajstić information content (AvgIpc) is 2.80. The first-order valence-corrected chi connectivity index (χ1v) is 30.4. The zero-order valence-corrected chi connectivity index (χ0v) is 51.7. The van der Waals surface area contributed by atoms with Gasteiger partial charge in [0.1, 0.15) is 43.2 Å². The average molecular weight is 1250 g/mol. The molecular weight excluding hydrogens is 1140 g/mol. The number of hydrogen-bond donors (Lipinski definition) is 14. The molecule has 3 heterocycles. The Morgan fingerprint density at radius 1 is 0.453 bits per heavy atom. The second-order valence-electron chi connectivity index (χ2n) is 22.8. The summed E-state index contributed by atoms with van der Waals surface area (Å²) in [6.45, 7) is 11.2. The minimum atomic E-state index is -1.26. The van der Waals surface area contributed by atoms with E-state index in [4.69, 9.17) is 47.4 Å². The van der Waals surface area contributed by atoms with E-state index in [1.165, 1.54) is 0 Å². The first-order valence-electron chi connectivity index (χ1n) is 30.4. The number of aliphatic hydroxyl groups excluding tert-OH is 9. The second-order valence-corrected chi connectivity index (χ2v) is 22.8. The molecule has 3 aliphatic rings. The molecule has 504 valence electrons. The maximum atomic E-state index is 13.7. The van der Waals surface area contributed by atoms with Crippen LogP contribution in [0.1, 0.15) is 119 Å². The highest BCUT2D eigenvalue weighted by Gasteiger charge is 2.45. The quantitative estimate of drug-likeness (QED) is 0.0300. The number of alkyl carbamates (subject to hydrolysis) is 1. The van der Waals surface area contributed by atoms with Crippen LogP contribution in [0.25, 0.3) is 0 Å². The van der Waals surface area contributed by atoms with Crippen LogP contribution >= 0.6 is 0 Å². The Labute approximate surface area is 506 Å². The molecule has 0 spiro atoms. The summed E-state index contributed by atoms with van der Waals surface area (Å²) < 4.78 is 56.3. The molecule has 0 aliphatic carbocycles. The summed E-state index contributed by atoms with van der Waals surface area (Å²) in [6.07, 6.45) is -10.6. The van der Waals surface area contributed by atoms with Crippen molar-refractivity contribution in [2.24, 2.45) is 23.7 Å². The monoisotopic (exact) mass is 1250 g/mol. The topological polar surface area (TPSA) is 420 Å². The van der Waals surface area contributed by atoms with E-state index >= 15 is 0 Å². The number of unbranched alkanes of at least 4 members (excludes halogenated alkanes) is 1. The Balaban J connectivity index is 0.00000610. The van der Waals surface area contributed by atoms with E-state index in [2.05, 4.69) is 47.4 Å². The Bertz CT molecular complexity index is 1770. The normalized spacial score (nSPS) is 28.1. The van der Waals surface area contributed by atoms with Crippen LogP contribution in [0, 0.1) is 23.7 Å². The molecule has 0 radical (unpaired) electrons. The Kier molecular flexibility index (Phi) is 40.9. The lowest BCUT2D eigenvalue weighted by Crippen LogP contribution is -2.55. The third kappa shape index (κ3) is 30.8. The molecule has 3 aliphatic heterocycles. The summed E-state index contributed by atoms with van der Waals surface area (Å²) in [5, 5.41) is 104. The van der Waals surface area contributed by atoms with Gasteiger partial charge in [0.25, 0.3) is 0 Å². The van der Waals surface area contributed by atoms with Gasteiger partial charge in [0.15, 0.2) is 18.9 Å². The van der Waals surface area contributed by atoms with Crippen molar-refractivity contribution in [3.05, 3.63) is 0 Å². The van der Waals surface area contributed by atoms with Crippen LogP contribution < -0.4 is 26.6 Å². The number of amides is 5. The highest BCUT2D eigenvalue weighted by molar-refractivity contribution is 5.79. The first kappa shape index (κ1) is 78.5. The minimum absolute atomic E-state index is 0.0343. The van der Waals surface area contributed by atoms with Crippen molar-refractivity contribution < 1.29 is 117 Å². The van der Waals surface area contributed by atoms with E-state index in [0.29, 0.717) is 51.7 Å². The van der Waals surface area contributed by atoms with Crippen LogP contribution in [0.5, 0.6) is 0 Å². The maximum Gasteiger partial charge on any atom is 0.407 e. The van der Waals surface area contributed by atoms with E-state index in [9.17, 15) is 69.9 Å². The van der Waals surface area contributed by atoms with Crippen LogP contribution in [-0.2, 0) is 66.5 Å². The summed E-state index contributed by atoms with van der Waals surface area (Å²) in [6, 6.07) is 0. The van der Waals surface area contributed by atoms with Gasteiger partial charge in [-0.15, -0.1) is 0 Å². The molecule has 86 heavy (non-hydrogen) atoms. The summed E-state index contributed by atoms with van der Waals surface area (Å²) in [5.41, 5.74) is -1.23. The zero-order chi connectivity index (χ0) is 64.0. The number of carbonyl (C=O) groups is 5. The van der Waals surface area contributed by atoms with Gasteiger partial charge in [-0.1, -0.05) is 48.0 Å². The van der Waals surface area contributed by atoms with Crippen molar-refractivity contribution >= 4 is 29.7 Å². The van der Waals surface area contributed by atoms with Gasteiger partial charge in [-0.3, -0.25) is 19.2 Å². The first-order chi connectivity index (χ1) is 41.0. The standard InChI is InChI=1S/C53H97N5O24.C4H10/c1-33-43(66)46(69)36(28-59)80-49(33)76-22-9-18-55-39(62)12-5-6-16-53(58-42(65)14-7-13-40(63)54-17-8-21-73-4,31-74-25-15-41(64)56-19-10-23-77-50-34(2)44(67)47(70)37(29-60)81-50)32-75-26-27-79-52(72)57-20-11-24-78-51-35(3)45(68)48(71)38(30-61)82-51;1-4(2)3/h33-38,43-51,59-61,66-71H,5-32H2,1-4H3,(H,54,63)(H,55,62)(H,56,64)(H,57,72)(H,58,65);4H,1-3H3/t33?,34?,35?,36?,37?,38?,43-,44-,45-,46+,47+,48+,49-,50-,51-,53?;/m1./s1. The van der Waals surface area contributed by atoms with Crippen molar-refractivity contribution in [1.29, 1.82) is 0 Å². The molecule has 29 nitrogen and oxygen atoms in total. The van der Waals surface area contributed by atoms with Gasteiger partial charge in [0.05, 0.1) is 89.9 Å². The third-order valence-electron chi connectivity index (χ3n) is 14.3. The van der Waals surface area contributed by atoms with Crippen molar-refractivity contribution in [2.45, 2.75) is 198 Å². The fourth-order valence-corrected chi connectivity index (χ4v) is 9.18. The van der Waals surface area contributed by atoms with Crippen LogP contribution in [0.2, 0.25) is 0 Å². The molecule has 14 N–H and O–H groups in total. The molecule has 3 fully saturated rings. The van der Waals surface area contributed by atoms with E-state index < -0.39 is 129 Å². The van der Waals surface area contributed by atoms with E-state index in [1.807, 2.05) is 0 Å². The third-order valence-corrected chi connectivity index (χ3v) is 14.3. The predicted octanol–water partition coefficient (Wildman–Crippen LogP) is -1.79. The molecular formula is C57H107N5O24. The van der Waals surface area contributed by atoms with Crippen molar-refractivity contribution in [3.63, 3.8) is 0 Å². The summed E-state index contributed by atoms with van der Waals surface area (Å²) in [7, 11) is 1.56. The van der Waals surface area contributed by atoms with Gasteiger partial charge >= 0.3 is 6.09 Å². The van der Waals surface area contributed by atoms with E-state index in [-0.39, 0.29) is 129 Å². The lowest BCUT2D eigenvalue weighted by molar-refractivity contribution is -0.282. The van der Waals surface area contributed by atoms with Gasteiger partial charge in [0, 0.05) is 83.3 Å². The summed E-state index contributed by atoms with van der Waals surface area (Å²) in [5.74, 6) is -2.12. The number of methoxy groups -OCH3 is 1. The van der Waals surface area contributed by atoms with E-state index in [1.54, 1.807) is 27.9 Å². The lowest BCUT2D eigenvalue weighted by atomic mass is 9.92.